The summed E-state index contributed by atoms with van der Waals surface area (Å²) in [5.41, 5.74) is 1.38. The normalized spacial score (nSPS) is 26.9. The fourth-order valence-electron chi connectivity index (χ4n) is 2.39. The Kier molecular flexibility index (Phi) is 2.78. The predicted molar refractivity (Wildman–Crippen MR) is 66.4 cm³/mol. The number of anilines is 1. The highest BCUT2D eigenvalue weighted by Gasteiger charge is 2.27. The Morgan fingerprint density at radius 1 is 1.14 bits per heavy atom. The van der Waals surface area contributed by atoms with Crippen LogP contribution in [0.15, 0.2) is 24.3 Å². The van der Waals surface area contributed by atoms with E-state index in [0.717, 1.165) is 0 Å². The van der Waals surface area contributed by atoms with Crippen LogP contribution in [0.2, 0.25) is 0 Å². The summed E-state index contributed by atoms with van der Waals surface area (Å²) in [4.78, 5) is 2.54. The topological polar surface area (TPSA) is 3.24 Å². The Morgan fingerprint density at radius 2 is 1.71 bits per heavy atom. The third kappa shape index (κ3) is 1.66. The van der Waals surface area contributed by atoms with Gasteiger partial charge in [-0.3, -0.25) is 0 Å². The fraction of sp³-hybridized carbons (Fsp3) is 0.500. The predicted octanol–water partition coefficient (Wildman–Crippen LogP) is 2.56. The van der Waals surface area contributed by atoms with E-state index in [9.17, 15) is 0 Å². The van der Waals surface area contributed by atoms with Gasteiger partial charge in [0.05, 0.1) is 0 Å². The first kappa shape index (κ1) is 9.98. The summed E-state index contributed by atoms with van der Waals surface area (Å²) in [6.07, 6.45) is 2.64. The highest BCUT2D eigenvalue weighted by Crippen LogP contribution is 2.29. The van der Waals surface area contributed by atoms with Gasteiger partial charge in [-0.25, -0.2) is 0 Å². The molecule has 1 aliphatic heterocycles. The molecule has 1 saturated heterocycles. The molecule has 1 unspecified atom stereocenters. The van der Waals surface area contributed by atoms with Crippen molar-refractivity contribution < 1.29 is 0 Å². The summed E-state index contributed by atoms with van der Waals surface area (Å²) in [7, 11) is 2.83. The first-order chi connectivity index (χ1) is 6.70. The van der Waals surface area contributed by atoms with Crippen molar-refractivity contribution in [2.45, 2.75) is 38.8 Å². The second-order valence-corrected chi connectivity index (χ2v) is 4.86. The van der Waals surface area contributed by atoms with Crippen molar-refractivity contribution in [1.29, 1.82) is 0 Å². The van der Waals surface area contributed by atoms with Crippen LogP contribution in [-0.2, 0) is 0 Å². The molecule has 0 aliphatic carbocycles. The van der Waals surface area contributed by atoms with E-state index in [1.807, 2.05) is 0 Å². The average Bonchev–Trinajstić information content (AvgIpc) is 2.48. The van der Waals surface area contributed by atoms with E-state index < -0.39 is 0 Å². The van der Waals surface area contributed by atoms with E-state index in [-0.39, 0.29) is 0 Å². The summed E-state index contributed by atoms with van der Waals surface area (Å²) in [5.74, 6) is 0. The molecule has 76 valence electrons. The van der Waals surface area contributed by atoms with Crippen LogP contribution in [-0.4, -0.2) is 12.1 Å². The minimum absolute atomic E-state index is 0.687. The lowest BCUT2D eigenvalue weighted by Gasteiger charge is -2.30. The third-order valence-electron chi connectivity index (χ3n) is 3.17. The summed E-state index contributed by atoms with van der Waals surface area (Å²) in [6.45, 7) is 4.64. The van der Waals surface area contributed by atoms with Crippen molar-refractivity contribution >= 4 is 20.2 Å². The van der Waals surface area contributed by atoms with Gasteiger partial charge in [-0.1, -0.05) is 18.2 Å². The summed E-state index contributed by atoms with van der Waals surface area (Å²) in [6, 6.07) is 9.98. The Balaban J connectivity index is 2.34. The zero-order chi connectivity index (χ0) is 10.1. The van der Waals surface area contributed by atoms with E-state index in [2.05, 4.69) is 52.3 Å². The van der Waals surface area contributed by atoms with Gasteiger partial charge in [-0.2, -0.15) is 0 Å². The maximum atomic E-state index is 2.83. The van der Waals surface area contributed by atoms with Crippen molar-refractivity contribution in [3.63, 3.8) is 0 Å². The zero-order valence-electron chi connectivity index (χ0n) is 8.90. The Hall–Kier alpha value is -0.550. The lowest BCUT2D eigenvalue weighted by atomic mass is 10.2. The van der Waals surface area contributed by atoms with Crippen LogP contribution in [0.3, 0.4) is 0 Å². The SMILES string of the molecule is C[C@@H]1CC[C@@H](C)N1c1ccccc1P. The van der Waals surface area contributed by atoms with Gasteiger partial charge in [0.2, 0.25) is 0 Å². The minimum Gasteiger partial charge on any atom is -0.366 e. The molecule has 0 N–H and O–H groups in total. The second kappa shape index (κ2) is 3.90. The molecule has 0 bridgehead atoms. The van der Waals surface area contributed by atoms with Crippen LogP contribution < -0.4 is 10.2 Å². The maximum Gasteiger partial charge on any atom is 0.0443 e. The smallest absolute Gasteiger partial charge is 0.0443 e. The standard InChI is InChI=1S/C12H18NP/c1-9-7-8-10(2)13(9)11-5-3-4-6-12(11)14/h3-6,9-10H,7-8,14H2,1-2H3/t9-,10-/m1/s1. The highest BCUT2D eigenvalue weighted by molar-refractivity contribution is 7.28. The maximum absolute atomic E-state index is 2.83. The van der Waals surface area contributed by atoms with E-state index in [0.29, 0.717) is 12.1 Å². The Labute approximate surface area is 88.7 Å². The summed E-state index contributed by atoms with van der Waals surface area (Å²) in [5, 5.41) is 1.31. The van der Waals surface area contributed by atoms with Crippen LogP contribution in [0.25, 0.3) is 0 Å². The van der Waals surface area contributed by atoms with Gasteiger partial charge in [-0.05, 0) is 38.1 Å². The van der Waals surface area contributed by atoms with E-state index in [1.165, 1.54) is 23.8 Å². The molecular formula is C12H18NP. The van der Waals surface area contributed by atoms with Crippen molar-refractivity contribution in [3.05, 3.63) is 24.3 Å². The van der Waals surface area contributed by atoms with Gasteiger partial charge in [0, 0.05) is 17.8 Å². The van der Waals surface area contributed by atoms with Crippen LogP contribution in [0.5, 0.6) is 0 Å². The molecule has 1 nitrogen and oxygen atoms in total. The van der Waals surface area contributed by atoms with Crippen molar-refractivity contribution in [1.82, 2.24) is 0 Å². The lowest BCUT2D eigenvalue weighted by Crippen LogP contribution is -2.34. The summed E-state index contributed by atoms with van der Waals surface area (Å²) >= 11 is 0. The molecule has 1 heterocycles. The molecule has 1 aromatic carbocycles. The Morgan fingerprint density at radius 3 is 2.29 bits per heavy atom. The molecule has 3 atom stereocenters. The van der Waals surface area contributed by atoms with E-state index in [1.54, 1.807) is 0 Å². The molecule has 0 saturated carbocycles. The van der Waals surface area contributed by atoms with Gasteiger partial charge < -0.3 is 4.90 Å². The molecule has 2 rings (SSSR count). The molecular weight excluding hydrogens is 189 g/mol. The van der Waals surface area contributed by atoms with Crippen molar-refractivity contribution in [3.8, 4) is 0 Å². The van der Waals surface area contributed by atoms with Crippen LogP contribution in [0.4, 0.5) is 5.69 Å². The highest BCUT2D eigenvalue weighted by atomic mass is 31.0. The van der Waals surface area contributed by atoms with Gasteiger partial charge in [-0.15, -0.1) is 9.24 Å². The van der Waals surface area contributed by atoms with Crippen molar-refractivity contribution in [2.24, 2.45) is 0 Å². The van der Waals surface area contributed by atoms with Crippen LogP contribution in [0, 0.1) is 0 Å². The van der Waals surface area contributed by atoms with Crippen molar-refractivity contribution in [2.75, 3.05) is 4.90 Å². The van der Waals surface area contributed by atoms with E-state index in [4.69, 9.17) is 0 Å². The average molecular weight is 207 g/mol. The number of rotatable bonds is 1. The molecule has 1 fully saturated rings. The molecule has 0 radical (unpaired) electrons. The number of nitrogens with zero attached hydrogens (tertiary/aromatic N) is 1. The van der Waals surface area contributed by atoms with E-state index >= 15 is 0 Å². The third-order valence-corrected chi connectivity index (χ3v) is 3.66. The molecule has 2 heteroatoms. The van der Waals surface area contributed by atoms with Gasteiger partial charge >= 0.3 is 0 Å². The number of hydrogen-bond acceptors (Lipinski definition) is 1. The first-order valence-corrected chi connectivity index (χ1v) is 5.90. The van der Waals surface area contributed by atoms with Gasteiger partial charge in [0.1, 0.15) is 0 Å². The number of para-hydroxylation sites is 1. The molecule has 0 amide bonds. The number of hydrogen-bond donors (Lipinski definition) is 0. The van der Waals surface area contributed by atoms with Crippen LogP contribution >= 0.6 is 9.24 Å². The largest absolute Gasteiger partial charge is 0.366 e. The second-order valence-electron chi connectivity index (χ2n) is 4.24. The first-order valence-electron chi connectivity index (χ1n) is 5.33. The fourth-order valence-corrected chi connectivity index (χ4v) is 2.75. The quantitative estimate of drug-likeness (QED) is 0.640. The molecule has 1 aliphatic rings. The number of benzene rings is 1. The minimum atomic E-state index is 0.687. The van der Waals surface area contributed by atoms with Crippen LogP contribution in [0.1, 0.15) is 26.7 Å². The van der Waals surface area contributed by atoms with Gasteiger partial charge in [0.25, 0.3) is 0 Å². The monoisotopic (exact) mass is 207 g/mol. The van der Waals surface area contributed by atoms with Gasteiger partial charge in [0.15, 0.2) is 0 Å². The molecule has 0 spiro atoms. The molecule has 14 heavy (non-hydrogen) atoms. The summed E-state index contributed by atoms with van der Waals surface area (Å²) < 4.78 is 0. The zero-order valence-corrected chi connectivity index (χ0v) is 10.1. The lowest BCUT2D eigenvalue weighted by molar-refractivity contribution is 0.696. The molecule has 0 aromatic heterocycles. The Bertz CT molecular complexity index is 314. The molecule has 1 aromatic rings.